The van der Waals surface area contributed by atoms with Gasteiger partial charge in [-0.15, -0.1) is 0 Å². The average Bonchev–Trinajstić information content (AvgIpc) is 2.80. The lowest BCUT2D eigenvalue weighted by molar-refractivity contribution is 0.0858. The first kappa shape index (κ1) is 25.4. The van der Waals surface area contributed by atoms with Crippen LogP contribution >= 0.6 is 11.6 Å². The van der Waals surface area contributed by atoms with Crippen LogP contribution in [-0.2, 0) is 0 Å². The van der Waals surface area contributed by atoms with Crippen LogP contribution in [0.1, 0.15) is 44.0 Å². The summed E-state index contributed by atoms with van der Waals surface area (Å²) in [6.45, 7) is 8.52. The third-order valence-corrected chi connectivity index (χ3v) is 6.96. The fourth-order valence-electron chi connectivity index (χ4n) is 4.86. The number of piperidine rings is 1. The first-order valence-corrected chi connectivity index (χ1v) is 12.4. The third kappa shape index (κ3) is 5.29. The van der Waals surface area contributed by atoms with Crippen molar-refractivity contribution in [1.82, 2.24) is 9.88 Å². The van der Waals surface area contributed by atoms with Gasteiger partial charge in [-0.05, 0) is 68.2 Å². The second-order valence-corrected chi connectivity index (χ2v) is 11.2. The molecule has 0 radical (unpaired) electrons. The van der Waals surface area contributed by atoms with E-state index in [2.05, 4.69) is 28.9 Å². The van der Waals surface area contributed by atoms with Crippen LogP contribution in [0.25, 0.3) is 22.0 Å². The van der Waals surface area contributed by atoms with Crippen molar-refractivity contribution in [3.8, 4) is 16.9 Å². The van der Waals surface area contributed by atoms with Gasteiger partial charge in [0.05, 0.1) is 21.8 Å². The summed E-state index contributed by atoms with van der Waals surface area (Å²) in [5, 5.41) is 10.6. The number of fused-ring (bicyclic) bond motifs is 1. The number of halogens is 2. The van der Waals surface area contributed by atoms with Crippen molar-refractivity contribution in [1.29, 1.82) is 0 Å². The Morgan fingerprint density at radius 2 is 1.86 bits per heavy atom. The Morgan fingerprint density at radius 1 is 1.17 bits per heavy atom. The third-order valence-electron chi connectivity index (χ3n) is 6.67. The molecule has 5 nitrogen and oxygen atoms in total. The highest BCUT2D eigenvalue weighted by Gasteiger charge is 2.30. The second kappa shape index (κ2) is 9.75. The van der Waals surface area contributed by atoms with Crippen LogP contribution in [0.2, 0.25) is 5.02 Å². The number of benzene rings is 2. The van der Waals surface area contributed by atoms with Gasteiger partial charge in [0.1, 0.15) is 0 Å². The predicted octanol–water partition coefficient (Wildman–Crippen LogP) is 6.41. The predicted molar refractivity (Wildman–Crippen MR) is 141 cm³/mol. The maximum Gasteiger partial charge on any atom is 0.171 e. The van der Waals surface area contributed by atoms with Crippen LogP contribution in [0.3, 0.4) is 0 Å². The fraction of sp³-hybridized carbons (Fsp3) is 0.429. The van der Waals surface area contributed by atoms with E-state index in [9.17, 15) is 14.3 Å². The van der Waals surface area contributed by atoms with Gasteiger partial charge in [0.2, 0.25) is 0 Å². The van der Waals surface area contributed by atoms with E-state index in [0.29, 0.717) is 17.0 Å². The van der Waals surface area contributed by atoms with E-state index < -0.39 is 17.0 Å². The molecule has 7 heteroatoms. The van der Waals surface area contributed by atoms with Crippen molar-refractivity contribution in [2.24, 2.45) is 11.3 Å². The Hall–Kier alpha value is -2.70. The van der Waals surface area contributed by atoms with Crippen molar-refractivity contribution < 1.29 is 14.3 Å². The quantitative estimate of drug-likeness (QED) is 0.413. The molecule has 2 aromatic carbocycles. The lowest BCUT2D eigenvalue weighted by Gasteiger charge is -2.36. The van der Waals surface area contributed by atoms with Gasteiger partial charge in [0, 0.05) is 36.6 Å². The van der Waals surface area contributed by atoms with E-state index in [1.807, 2.05) is 39.0 Å². The number of rotatable bonds is 5. The lowest BCUT2D eigenvalue weighted by atomic mass is 9.85. The van der Waals surface area contributed by atoms with Gasteiger partial charge in [-0.25, -0.2) is 4.39 Å². The molecule has 0 saturated carbocycles. The van der Waals surface area contributed by atoms with E-state index in [1.54, 1.807) is 12.3 Å². The van der Waals surface area contributed by atoms with Gasteiger partial charge in [0.25, 0.3) is 0 Å². The number of hydrogen-bond donors (Lipinski definition) is 1. The summed E-state index contributed by atoms with van der Waals surface area (Å²) in [6.07, 6.45) is 3.79. The normalized spacial score (nSPS) is 15.3. The Labute approximate surface area is 211 Å². The zero-order valence-electron chi connectivity index (χ0n) is 21.0. The number of carbonyl (C=O) groups excluding carboxylic acids is 1. The maximum atomic E-state index is 14.2. The molecule has 186 valence electrons. The number of aromatic nitrogens is 1. The zero-order chi connectivity index (χ0) is 25.5. The van der Waals surface area contributed by atoms with Crippen LogP contribution in [0.5, 0.6) is 5.75 Å². The first-order chi connectivity index (χ1) is 16.5. The number of carbonyl (C=O) groups is 1. The maximum absolute atomic E-state index is 14.2. The monoisotopic (exact) mass is 497 g/mol. The van der Waals surface area contributed by atoms with Crippen LogP contribution in [-0.4, -0.2) is 54.5 Å². The van der Waals surface area contributed by atoms with Gasteiger partial charge in [0.15, 0.2) is 17.3 Å². The van der Waals surface area contributed by atoms with Crippen molar-refractivity contribution in [3.63, 3.8) is 0 Å². The first-order valence-electron chi connectivity index (χ1n) is 12.0. The van der Waals surface area contributed by atoms with E-state index in [0.717, 1.165) is 54.6 Å². The molecule has 0 amide bonds. The molecule has 0 aliphatic carbocycles. The molecule has 35 heavy (non-hydrogen) atoms. The molecule has 0 spiro atoms. The van der Waals surface area contributed by atoms with Gasteiger partial charge in [-0.2, -0.15) is 0 Å². The van der Waals surface area contributed by atoms with Crippen molar-refractivity contribution in [3.05, 3.63) is 52.9 Å². The van der Waals surface area contributed by atoms with Crippen LogP contribution < -0.4 is 4.90 Å². The van der Waals surface area contributed by atoms with Gasteiger partial charge in [-0.1, -0.05) is 38.4 Å². The lowest BCUT2D eigenvalue weighted by Crippen LogP contribution is -2.38. The fourth-order valence-corrected chi connectivity index (χ4v) is 5.06. The van der Waals surface area contributed by atoms with E-state index >= 15 is 0 Å². The van der Waals surface area contributed by atoms with E-state index in [4.69, 9.17) is 11.6 Å². The van der Waals surface area contributed by atoms with E-state index in [-0.39, 0.29) is 10.8 Å². The highest BCUT2D eigenvalue weighted by Crippen LogP contribution is 2.39. The number of nitrogens with zero attached hydrogens (tertiary/aromatic N) is 3. The molecule has 3 aromatic rings. The van der Waals surface area contributed by atoms with Gasteiger partial charge >= 0.3 is 0 Å². The topological polar surface area (TPSA) is 56.7 Å². The minimum atomic E-state index is -0.773. The molecule has 1 aliphatic rings. The number of hydrogen-bond acceptors (Lipinski definition) is 5. The van der Waals surface area contributed by atoms with Crippen LogP contribution in [0.4, 0.5) is 10.1 Å². The minimum absolute atomic E-state index is 0.0430. The number of ketones is 1. The molecule has 0 bridgehead atoms. The van der Waals surface area contributed by atoms with Crippen molar-refractivity contribution in [2.75, 3.05) is 38.6 Å². The van der Waals surface area contributed by atoms with Crippen molar-refractivity contribution in [2.45, 2.75) is 33.6 Å². The molecule has 0 unspecified atom stereocenters. The highest BCUT2D eigenvalue weighted by atomic mass is 35.5. The summed E-state index contributed by atoms with van der Waals surface area (Å²) < 4.78 is 14.2. The molecular weight excluding hydrogens is 465 g/mol. The standard InChI is InChI=1S/C28H33ClFN3O2/c1-28(2,3)27(35)21-15-31-24-7-6-18(19-13-22(29)26(34)23(30)14-19)12-20(24)25(21)33-10-8-17(9-11-33)16-32(4)5/h6-7,12-15,17,34H,8-11,16H2,1-5H3. The Kier molecular flexibility index (Phi) is 7.07. The zero-order valence-corrected chi connectivity index (χ0v) is 21.8. The largest absolute Gasteiger partial charge is 0.504 e. The molecule has 1 fully saturated rings. The summed E-state index contributed by atoms with van der Waals surface area (Å²) in [5.74, 6) is -0.668. The highest BCUT2D eigenvalue weighted by molar-refractivity contribution is 6.32. The number of phenols is 1. The summed E-state index contributed by atoms with van der Waals surface area (Å²) >= 11 is 6.05. The molecule has 1 saturated heterocycles. The molecule has 2 heterocycles. The molecule has 1 aromatic heterocycles. The van der Waals surface area contributed by atoms with E-state index in [1.165, 1.54) is 6.07 Å². The number of Topliss-reactive ketones (excluding diaryl/α,β-unsaturated/α-hetero) is 1. The Morgan fingerprint density at radius 3 is 2.46 bits per heavy atom. The summed E-state index contributed by atoms with van der Waals surface area (Å²) in [5.41, 5.74) is 3.02. The summed E-state index contributed by atoms with van der Waals surface area (Å²) in [7, 11) is 4.20. The number of pyridine rings is 1. The Balaban J connectivity index is 1.85. The SMILES string of the molecule is CN(C)CC1CCN(c2c(C(=O)C(C)(C)C)cnc3ccc(-c4cc(F)c(O)c(Cl)c4)cc23)CC1. The number of aromatic hydroxyl groups is 1. The molecular formula is C28H33ClFN3O2. The minimum Gasteiger partial charge on any atom is -0.504 e. The smallest absolute Gasteiger partial charge is 0.171 e. The number of phenolic OH excluding ortho intramolecular Hbond substituents is 1. The molecule has 1 aliphatic heterocycles. The summed E-state index contributed by atoms with van der Waals surface area (Å²) in [6, 6.07) is 8.51. The van der Waals surface area contributed by atoms with Crippen molar-refractivity contribution >= 4 is 34.0 Å². The Bertz CT molecular complexity index is 1240. The number of anilines is 1. The average molecular weight is 498 g/mol. The summed E-state index contributed by atoms with van der Waals surface area (Å²) in [4.78, 5) is 22.6. The molecule has 1 N–H and O–H groups in total. The second-order valence-electron chi connectivity index (χ2n) is 10.8. The molecule has 4 rings (SSSR count). The molecule has 0 atom stereocenters. The van der Waals surface area contributed by atoms with Crippen LogP contribution in [0, 0.1) is 17.2 Å². The van der Waals surface area contributed by atoms with Gasteiger partial charge < -0.3 is 14.9 Å². The van der Waals surface area contributed by atoms with Gasteiger partial charge in [-0.3, -0.25) is 9.78 Å². The van der Waals surface area contributed by atoms with Crippen LogP contribution in [0.15, 0.2) is 36.5 Å².